The first-order valence-electron chi connectivity index (χ1n) is 13.7. The van der Waals surface area contributed by atoms with E-state index in [9.17, 15) is 14.4 Å². The summed E-state index contributed by atoms with van der Waals surface area (Å²) in [6.45, 7) is 12.6. The molecule has 3 aromatic heterocycles. The highest BCUT2D eigenvalue weighted by Gasteiger charge is 2.42. The Morgan fingerprint density at radius 3 is 2.65 bits per heavy atom. The van der Waals surface area contributed by atoms with E-state index >= 15 is 0 Å². The van der Waals surface area contributed by atoms with Gasteiger partial charge in [-0.3, -0.25) is 9.69 Å². The van der Waals surface area contributed by atoms with Crippen molar-refractivity contribution in [2.24, 2.45) is 0 Å². The third-order valence-corrected chi connectivity index (χ3v) is 12.6. The van der Waals surface area contributed by atoms with Crippen LogP contribution < -0.4 is 10.1 Å². The summed E-state index contributed by atoms with van der Waals surface area (Å²) in [7, 11) is -1.94. The summed E-state index contributed by atoms with van der Waals surface area (Å²) in [5, 5.41) is 17.6. The summed E-state index contributed by atoms with van der Waals surface area (Å²) in [6, 6.07) is 9.67. The van der Waals surface area contributed by atoms with Gasteiger partial charge in [0.05, 0.1) is 29.1 Å². The molecule has 0 unspecified atom stereocenters. The lowest BCUT2D eigenvalue weighted by Crippen LogP contribution is -2.60. The average Bonchev–Trinajstić information content (AvgIpc) is 3.36. The van der Waals surface area contributed by atoms with Gasteiger partial charge < -0.3 is 14.5 Å². The van der Waals surface area contributed by atoms with Crippen LogP contribution in [0.4, 0.5) is 10.2 Å². The fraction of sp³-hybridized carbons (Fsp3) is 0.379. The standard InChI is InChI=1S/C29H32ClFN8O3Si/c1-29(2,3)43(4,5)42-20-14-38(15-20)16-23(27(40)37-24-10-9-19(31)12-33-24)41-28-21-13-36-39(26(21)34-17-35-28)25-18(11-32)7-6-8-22(25)30/h6-10,12-13,17,20,23H,14-16H2,1-5H3,(H,33,37,40)/t23-/m0/s1. The van der Waals surface area contributed by atoms with Crippen molar-refractivity contribution in [2.75, 3.05) is 25.0 Å². The highest BCUT2D eigenvalue weighted by atomic mass is 35.5. The van der Waals surface area contributed by atoms with Gasteiger partial charge in [-0.15, -0.1) is 0 Å². The number of fused-ring (bicyclic) bond motifs is 1. The van der Waals surface area contributed by atoms with Crippen molar-refractivity contribution in [3.63, 3.8) is 0 Å². The maximum atomic E-state index is 13.5. The number of nitrogens with one attached hydrogen (secondary N) is 1. The highest BCUT2D eigenvalue weighted by Crippen LogP contribution is 2.38. The van der Waals surface area contributed by atoms with Crippen molar-refractivity contribution in [3.05, 3.63) is 65.5 Å². The van der Waals surface area contributed by atoms with E-state index in [2.05, 4.69) is 70.2 Å². The fourth-order valence-corrected chi connectivity index (χ4v) is 6.03. The zero-order valence-corrected chi connectivity index (χ0v) is 26.3. The van der Waals surface area contributed by atoms with Gasteiger partial charge >= 0.3 is 0 Å². The molecule has 1 amide bonds. The first kappa shape index (κ1) is 30.5. The number of carbonyl (C=O) groups excluding carboxylic acids is 1. The van der Waals surface area contributed by atoms with Crippen LogP contribution in [-0.2, 0) is 9.22 Å². The molecule has 14 heteroatoms. The largest absolute Gasteiger partial charge is 0.462 e. The maximum Gasteiger partial charge on any atom is 0.268 e. The van der Waals surface area contributed by atoms with Gasteiger partial charge in [-0.05, 0) is 42.4 Å². The Kier molecular flexibility index (Phi) is 8.48. The summed E-state index contributed by atoms with van der Waals surface area (Å²) < 4.78 is 27.6. The van der Waals surface area contributed by atoms with Crippen LogP contribution in [0.15, 0.2) is 49.1 Å². The number of amides is 1. The van der Waals surface area contributed by atoms with Crippen molar-refractivity contribution in [1.82, 2.24) is 29.6 Å². The minimum absolute atomic E-state index is 0.0670. The van der Waals surface area contributed by atoms with Crippen LogP contribution in [0, 0.1) is 17.1 Å². The van der Waals surface area contributed by atoms with Crippen LogP contribution in [0.1, 0.15) is 26.3 Å². The molecule has 1 N–H and O–H groups in total. The quantitative estimate of drug-likeness (QED) is 0.257. The van der Waals surface area contributed by atoms with E-state index in [-0.39, 0.29) is 29.4 Å². The molecule has 1 fully saturated rings. The summed E-state index contributed by atoms with van der Waals surface area (Å²) in [4.78, 5) is 28.1. The predicted octanol–water partition coefficient (Wildman–Crippen LogP) is 4.97. The van der Waals surface area contributed by atoms with Gasteiger partial charge in [-0.2, -0.15) is 10.4 Å². The molecule has 0 saturated carbocycles. The lowest BCUT2D eigenvalue weighted by molar-refractivity contribution is -0.125. The number of benzene rings is 1. The van der Waals surface area contributed by atoms with E-state index in [1.165, 1.54) is 29.3 Å². The number of anilines is 1. The monoisotopic (exact) mass is 622 g/mol. The fourth-order valence-electron chi connectivity index (χ4n) is 4.44. The van der Waals surface area contributed by atoms with Crippen molar-refractivity contribution in [2.45, 2.75) is 51.1 Å². The van der Waals surface area contributed by atoms with Crippen LogP contribution >= 0.6 is 11.6 Å². The molecule has 0 spiro atoms. The second kappa shape index (κ2) is 12.0. The number of rotatable bonds is 9. The number of likely N-dealkylation sites (tertiary alicyclic amines) is 1. The molecule has 1 atom stereocenters. The van der Waals surface area contributed by atoms with Gasteiger partial charge in [0, 0.05) is 19.6 Å². The Morgan fingerprint density at radius 1 is 1.21 bits per heavy atom. The molecule has 4 aromatic rings. The van der Waals surface area contributed by atoms with E-state index in [0.717, 1.165) is 6.20 Å². The minimum Gasteiger partial charge on any atom is -0.462 e. The summed E-state index contributed by atoms with van der Waals surface area (Å²) in [6.07, 6.45) is 2.87. The third kappa shape index (κ3) is 6.52. The molecule has 0 aliphatic carbocycles. The number of nitriles is 1. The third-order valence-electron chi connectivity index (χ3n) is 7.79. The van der Waals surface area contributed by atoms with Gasteiger partial charge in [0.2, 0.25) is 5.88 Å². The maximum absolute atomic E-state index is 13.5. The second-order valence-corrected chi connectivity index (χ2v) is 17.1. The number of para-hydroxylation sites is 1. The van der Waals surface area contributed by atoms with Crippen molar-refractivity contribution < 1.29 is 18.3 Å². The van der Waals surface area contributed by atoms with Crippen molar-refractivity contribution >= 4 is 42.7 Å². The van der Waals surface area contributed by atoms with Crippen LogP contribution in [0.2, 0.25) is 23.2 Å². The zero-order valence-electron chi connectivity index (χ0n) is 24.5. The first-order chi connectivity index (χ1) is 20.4. The van der Waals surface area contributed by atoms with Crippen LogP contribution in [0.5, 0.6) is 5.88 Å². The number of hydrogen-bond donors (Lipinski definition) is 1. The Hall–Kier alpha value is -3.96. The molecule has 43 heavy (non-hydrogen) atoms. The Morgan fingerprint density at radius 2 is 1.98 bits per heavy atom. The van der Waals surface area contributed by atoms with Gasteiger partial charge in [0.1, 0.15) is 35.1 Å². The van der Waals surface area contributed by atoms with Crippen LogP contribution in [-0.4, -0.2) is 75.7 Å². The minimum atomic E-state index is -1.94. The molecule has 4 heterocycles. The molecular weight excluding hydrogens is 591 g/mol. The van der Waals surface area contributed by atoms with Gasteiger partial charge in [-0.25, -0.2) is 24.0 Å². The molecular formula is C29H32ClFN8O3Si. The van der Waals surface area contributed by atoms with Gasteiger partial charge in [0.15, 0.2) is 20.1 Å². The number of nitrogens with zero attached hydrogens (tertiary/aromatic N) is 7. The zero-order chi connectivity index (χ0) is 30.9. The molecule has 5 rings (SSSR count). The van der Waals surface area contributed by atoms with Crippen molar-refractivity contribution in [1.29, 1.82) is 5.26 Å². The molecule has 1 aliphatic heterocycles. The number of hydrogen-bond acceptors (Lipinski definition) is 9. The van der Waals surface area contributed by atoms with Crippen LogP contribution in [0.3, 0.4) is 0 Å². The van der Waals surface area contributed by atoms with E-state index < -0.39 is 26.1 Å². The van der Waals surface area contributed by atoms with Crippen molar-refractivity contribution in [3.8, 4) is 17.6 Å². The highest BCUT2D eigenvalue weighted by molar-refractivity contribution is 6.74. The van der Waals surface area contributed by atoms with E-state index in [1.807, 2.05) is 0 Å². The molecule has 224 valence electrons. The number of carbonyl (C=O) groups is 1. The number of ether oxygens (including phenoxy) is 1. The number of aromatic nitrogens is 5. The summed E-state index contributed by atoms with van der Waals surface area (Å²) in [5.41, 5.74) is 1.03. The molecule has 0 bridgehead atoms. The summed E-state index contributed by atoms with van der Waals surface area (Å²) in [5.74, 6) is -0.683. The molecule has 11 nitrogen and oxygen atoms in total. The first-order valence-corrected chi connectivity index (χ1v) is 17.0. The van der Waals surface area contributed by atoms with E-state index in [1.54, 1.807) is 18.2 Å². The SMILES string of the molecule is CC(C)(C)[Si](C)(C)OC1CN(C[C@H](Oc2ncnc3c2cnn3-c2c(Cl)cccc2C#N)C(=O)Nc2ccc(F)cn2)C1. The van der Waals surface area contributed by atoms with Gasteiger partial charge in [0.25, 0.3) is 5.91 Å². The summed E-state index contributed by atoms with van der Waals surface area (Å²) >= 11 is 6.43. The molecule has 0 radical (unpaired) electrons. The Labute approximate surface area is 254 Å². The number of halogens is 2. The topological polar surface area (TPSA) is 131 Å². The normalized spacial score (nSPS) is 15.1. The van der Waals surface area contributed by atoms with Gasteiger partial charge in [-0.1, -0.05) is 38.4 Å². The number of pyridine rings is 1. The lowest BCUT2D eigenvalue weighted by atomic mass is 10.1. The smallest absolute Gasteiger partial charge is 0.268 e. The Bertz CT molecular complexity index is 1680. The lowest BCUT2D eigenvalue weighted by Gasteiger charge is -2.46. The average molecular weight is 623 g/mol. The molecule has 1 saturated heterocycles. The van der Waals surface area contributed by atoms with Crippen LogP contribution in [0.25, 0.3) is 16.7 Å². The van der Waals surface area contributed by atoms with E-state index in [4.69, 9.17) is 20.8 Å². The second-order valence-electron chi connectivity index (χ2n) is 11.9. The molecule has 1 aliphatic rings. The molecule has 1 aromatic carbocycles. The Balaban J connectivity index is 1.39. The predicted molar refractivity (Wildman–Crippen MR) is 162 cm³/mol. The van der Waals surface area contributed by atoms with E-state index in [0.29, 0.717) is 40.4 Å².